The minimum absolute atomic E-state index is 0.103. The van der Waals surface area contributed by atoms with Crippen LogP contribution in [0, 0.1) is 12.3 Å². The summed E-state index contributed by atoms with van der Waals surface area (Å²) in [5, 5.41) is 8.38. The van der Waals surface area contributed by atoms with Crippen LogP contribution in [0.15, 0.2) is 50.9 Å². The molecule has 1 heterocycles. The maximum Gasteiger partial charge on any atom is 0.123 e. The molecule has 0 unspecified atom stereocenters. The van der Waals surface area contributed by atoms with Crippen LogP contribution < -0.4 is 5.73 Å². The highest BCUT2D eigenvalue weighted by atomic mass is 79.9. The third-order valence-corrected chi connectivity index (χ3v) is 3.82. The van der Waals surface area contributed by atoms with Crippen molar-refractivity contribution in [1.82, 2.24) is 4.98 Å². The van der Waals surface area contributed by atoms with Gasteiger partial charge in [0.05, 0.1) is 0 Å². The molecule has 3 N–H and O–H groups in total. The molecule has 0 bridgehead atoms. The molecule has 0 spiro atoms. The Hall–Kier alpha value is -1.33. The Labute approximate surface area is 118 Å². The maximum atomic E-state index is 7.44. The number of nitrogens with two attached hydrogens (primary N) is 1. The first-order valence-corrected chi connectivity index (χ1v) is 6.91. The number of nitrogen functional groups attached to an aromatic ring is 1. The number of aromatic nitrogens is 1. The summed E-state index contributed by atoms with van der Waals surface area (Å²) in [6.45, 7) is 1.95. The lowest BCUT2D eigenvalue weighted by atomic mass is 10.1. The van der Waals surface area contributed by atoms with E-state index >= 15 is 0 Å². The summed E-state index contributed by atoms with van der Waals surface area (Å²) in [6, 6.07) is 9.78. The Balaban J connectivity index is 2.22. The molecule has 1 aromatic heterocycles. The molecule has 0 fully saturated rings. The van der Waals surface area contributed by atoms with Crippen molar-refractivity contribution in [2.45, 2.75) is 16.8 Å². The molecule has 18 heavy (non-hydrogen) atoms. The number of amidine groups is 1. The van der Waals surface area contributed by atoms with Crippen LogP contribution >= 0.6 is 27.7 Å². The number of pyridine rings is 1. The molecular formula is C13H12BrN3S. The average molecular weight is 322 g/mol. The van der Waals surface area contributed by atoms with Gasteiger partial charge in [0.15, 0.2) is 0 Å². The number of hydrogen-bond donors (Lipinski definition) is 2. The molecule has 5 heteroatoms. The number of rotatable bonds is 3. The summed E-state index contributed by atoms with van der Waals surface area (Å²) in [6.07, 6.45) is 1.78. The minimum atomic E-state index is 0.103. The van der Waals surface area contributed by atoms with E-state index in [1.807, 2.05) is 37.3 Å². The molecule has 0 radical (unpaired) electrons. The van der Waals surface area contributed by atoms with Gasteiger partial charge < -0.3 is 5.73 Å². The van der Waals surface area contributed by atoms with Crippen LogP contribution in [-0.2, 0) is 0 Å². The van der Waals surface area contributed by atoms with Gasteiger partial charge in [-0.25, -0.2) is 4.98 Å². The van der Waals surface area contributed by atoms with Crippen molar-refractivity contribution in [2.75, 3.05) is 0 Å². The normalized spacial score (nSPS) is 10.3. The number of nitrogens with one attached hydrogen (secondary N) is 1. The van der Waals surface area contributed by atoms with Gasteiger partial charge in [-0.2, -0.15) is 0 Å². The van der Waals surface area contributed by atoms with Gasteiger partial charge in [0.25, 0.3) is 0 Å². The second-order valence-corrected chi connectivity index (χ2v) is 5.82. The Morgan fingerprint density at radius 1 is 1.33 bits per heavy atom. The SMILES string of the molecule is Cc1cc(Sc2ccc(Br)cn2)ccc1C(=N)N. The molecule has 0 aliphatic heterocycles. The van der Waals surface area contributed by atoms with Gasteiger partial charge >= 0.3 is 0 Å². The summed E-state index contributed by atoms with van der Waals surface area (Å²) in [7, 11) is 0. The van der Waals surface area contributed by atoms with E-state index in [1.54, 1.807) is 18.0 Å². The van der Waals surface area contributed by atoms with E-state index < -0.39 is 0 Å². The molecule has 0 saturated heterocycles. The second-order valence-electron chi connectivity index (χ2n) is 3.81. The van der Waals surface area contributed by atoms with Crippen LogP contribution in [0.1, 0.15) is 11.1 Å². The Kier molecular flexibility index (Phi) is 4.04. The largest absolute Gasteiger partial charge is 0.384 e. The maximum absolute atomic E-state index is 7.44. The summed E-state index contributed by atoms with van der Waals surface area (Å²) in [5.41, 5.74) is 7.28. The fourth-order valence-corrected chi connectivity index (χ4v) is 2.63. The summed E-state index contributed by atoms with van der Waals surface area (Å²) in [5.74, 6) is 0.103. The standard InChI is InChI=1S/C13H12BrN3S/c1-8-6-10(3-4-11(8)13(15)16)18-12-5-2-9(14)7-17-12/h2-7H,1H3,(H3,15,16). The Morgan fingerprint density at radius 2 is 2.11 bits per heavy atom. The van der Waals surface area contributed by atoms with E-state index in [9.17, 15) is 0 Å². The first-order valence-electron chi connectivity index (χ1n) is 5.31. The predicted octanol–water partition coefficient (Wildman–Crippen LogP) is 3.59. The summed E-state index contributed by atoms with van der Waals surface area (Å²) < 4.78 is 0.968. The fourth-order valence-electron chi connectivity index (χ4n) is 1.55. The van der Waals surface area contributed by atoms with Crippen molar-refractivity contribution in [3.63, 3.8) is 0 Å². The Morgan fingerprint density at radius 3 is 2.67 bits per heavy atom. The molecule has 2 rings (SSSR count). The van der Waals surface area contributed by atoms with Crippen LogP contribution in [0.25, 0.3) is 0 Å². The fraction of sp³-hybridized carbons (Fsp3) is 0.0769. The highest BCUT2D eigenvalue weighted by Gasteiger charge is 2.04. The Bertz CT molecular complexity index is 581. The van der Waals surface area contributed by atoms with Crippen molar-refractivity contribution < 1.29 is 0 Å². The summed E-state index contributed by atoms with van der Waals surface area (Å²) in [4.78, 5) is 5.40. The van der Waals surface area contributed by atoms with E-state index in [0.717, 1.165) is 25.5 Å². The number of aryl methyl sites for hydroxylation is 1. The first kappa shape index (κ1) is 13.1. The van der Waals surface area contributed by atoms with Gasteiger partial charge in [0, 0.05) is 21.1 Å². The highest BCUT2D eigenvalue weighted by Crippen LogP contribution is 2.28. The number of halogens is 1. The first-order chi connectivity index (χ1) is 8.56. The van der Waals surface area contributed by atoms with Gasteiger partial charge in [-0.05, 0) is 58.7 Å². The second kappa shape index (κ2) is 5.54. The van der Waals surface area contributed by atoms with Crippen molar-refractivity contribution in [1.29, 1.82) is 5.41 Å². The van der Waals surface area contributed by atoms with E-state index in [1.165, 1.54) is 0 Å². The molecular weight excluding hydrogens is 310 g/mol. The van der Waals surface area contributed by atoms with Crippen LogP contribution in [-0.4, -0.2) is 10.8 Å². The van der Waals surface area contributed by atoms with Crippen LogP contribution in [0.2, 0.25) is 0 Å². The molecule has 0 aliphatic carbocycles. The predicted molar refractivity (Wildman–Crippen MR) is 78.3 cm³/mol. The van der Waals surface area contributed by atoms with Gasteiger partial charge in [0.1, 0.15) is 10.9 Å². The molecule has 1 aromatic carbocycles. The van der Waals surface area contributed by atoms with E-state index in [0.29, 0.717) is 0 Å². The molecule has 0 saturated carbocycles. The number of benzene rings is 1. The average Bonchev–Trinajstić information content (AvgIpc) is 2.32. The quantitative estimate of drug-likeness (QED) is 0.670. The van der Waals surface area contributed by atoms with Crippen LogP contribution in [0.4, 0.5) is 0 Å². The van der Waals surface area contributed by atoms with Gasteiger partial charge in [-0.15, -0.1) is 0 Å². The monoisotopic (exact) mass is 321 g/mol. The number of nitrogens with zero attached hydrogens (tertiary/aromatic N) is 1. The molecule has 0 atom stereocenters. The summed E-state index contributed by atoms with van der Waals surface area (Å²) >= 11 is 4.95. The van der Waals surface area contributed by atoms with Crippen molar-refractivity contribution >= 4 is 33.5 Å². The molecule has 0 amide bonds. The van der Waals surface area contributed by atoms with E-state index in [2.05, 4.69) is 20.9 Å². The highest BCUT2D eigenvalue weighted by molar-refractivity contribution is 9.10. The molecule has 92 valence electrons. The molecule has 3 nitrogen and oxygen atoms in total. The van der Waals surface area contributed by atoms with Gasteiger partial charge in [-0.3, -0.25) is 5.41 Å². The minimum Gasteiger partial charge on any atom is -0.384 e. The smallest absolute Gasteiger partial charge is 0.123 e. The van der Waals surface area contributed by atoms with E-state index in [4.69, 9.17) is 11.1 Å². The van der Waals surface area contributed by atoms with Crippen LogP contribution in [0.3, 0.4) is 0 Å². The van der Waals surface area contributed by atoms with Crippen molar-refractivity contribution in [3.05, 3.63) is 52.1 Å². The zero-order valence-electron chi connectivity index (χ0n) is 9.77. The number of hydrogen-bond acceptors (Lipinski definition) is 3. The zero-order valence-corrected chi connectivity index (χ0v) is 12.2. The van der Waals surface area contributed by atoms with Crippen molar-refractivity contribution in [2.24, 2.45) is 5.73 Å². The third kappa shape index (κ3) is 3.11. The van der Waals surface area contributed by atoms with Gasteiger partial charge in [0.2, 0.25) is 0 Å². The molecule has 0 aliphatic rings. The lowest BCUT2D eigenvalue weighted by Crippen LogP contribution is -2.12. The topological polar surface area (TPSA) is 62.8 Å². The van der Waals surface area contributed by atoms with Crippen LogP contribution in [0.5, 0.6) is 0 Å². The van der Waals surface area contributed by atoms with Gasteiger partial charge in [-0.1, -0.05) is 11.8 Å². The third-order valence-electron chi connectivity index (χ3n) is 2.41. The lowest BCUT2D eigenvalue weighted by Gasteiger charge is -2.06. The zero-order chi connectivity index (χ0) is 13.1. The van der Waals surface area contributed by atoms with E-state index in [-0.39, 0.29) is 5.84 Å². The van der Waals surface area contributed by atoms with Crippen molar-refractivity contribution in [3.8, 4) is 0 Å². The molecule has 2 aromatic rings. The lowest BCUT2D eigenvalue weighted by molar-refractivity contribution is 1.12.